The van der Waals surface area contributed by atoms with E-state index in [2.05, 4.69) is 20.4 Å². The molecule has 19 heavy (non-hydrogen) atoms. The summed E-state index contributed by atoms with van der Waals surface area (Å²) < 4.78 is 12.1. The van der Waals surface area contributed by atoms with E-state index in [9.17, 15) is 0 Å². The van der Waals surface area contributed by atoms with Gasteiger partial charge in [0.15, 0.2) is 0 Å². The smallest absolute Gasteiger partial charge is 0.218 e. The summed E-state index contributed by atoms with van der Waals surface area (Å²) in [5, 5.41) is 7.44. The van der Waals surface area contributed by atoms with E-state index in [1.165, 1.54) is 6.33 Å². The van der Waals surface area contributed by atoms with Gasteiger partial charge in [0.05, 0.1) is 25.5 Å². The minimum Gasteiger partial charge on any atom is -0.481 e. The summed E-state index contributed by atoms with van der Waals surface area (Å²) in [7, 11) is 5.12. The second-order valence-corrected chi connectivity index (χ2v) is 3.98. The first-order chi connectivity index (χ1) is 9.24. The van der Waals surface area contributed by atoms with Crippen molar-refractivity contribution in [3.8, 4) is 5.88 Å². The van der Waals surface area contributed by atoms with Gasteiger partial charge in [0.1, 0.15) is 12.1 Å². The topological polar surface area (TPSA) is 74.1 Å². The van der Waals surface area contributed by atoms with Crippen LogP contribution in [0.4, 0.5) is 5.82 Å². The van der Waals surface area contributed by atoms with Gasteiger partial charge in [0.2, 0.25) is 5.88 Å². The third-order valence-corrected chi connectivity index (χ3v) is 2.72. The van der Waals surface area contributed by atoms with Crippen LogP contribution in [-0.4, -0.2) is 40.6 Å². The van der Waals surface area contributed by atoms with E-state index in [0.717, 1.165) is 5.69 Å². The van der Waals surface area contributed by atoms with Crippen LogP contribution in [0.3, 0.4) is 0 Å². The van der Waals surface area contributed by atoms with Crippen LogP contribution < -0.4 is 10.1 Å². The first-order valence-electron chi connectivity index (χ1n) is 5.84. The Morgan fingerprint density at radius 2 is 2.21 bits per heavy atom. The van der Waals surface area contributed by atoms with E-state index in [0.29, 0.717) is 18.3 Å². The van der Waals surface area contributed by atoms with Gasteiger partial charge in [-0.2, -0.15) is 5.10 Å². The van der Waals surface area contributed by atoms with Gasteiger partial charge in [-0.1, -0.05) is 0 Å². The average molecular weight is 263 g/mol. The summed E-state index contributed by atoms with van der Waals surface area (Å²) in [6.07, 6.45) is 3.20. The number of aromatic nitrogens is 4. The van der Waals surface area contributed by atoms with Crippen LogP contribution in [0.25, 0.3) is 0 Å². The van der Waals surface area contributed by atoms with E-state index in [1.807, 2.05) is 13.1 Å². The molecule has 7 nitrogen and oxygen atoms in total. The molecule has 0 radical (unpaired) electrons. The molecule has 1 unspecified atom stereocenters. The van der Waals surface area contributed by atoms with Crippen molar-refractivity contribution in [1.82, 2.24) is 19.7 Å². The van der Waals surface area contributed by atoms with E-state index in [1.54, 1.807) is 31.2 Å². The Hall–Kier alpha value is -2.15. The number of methoxy groups -OCH3 is 2. The molecule has 0 bridgehead atoms. The van der Waals surface area contributed by atoms with Crippen molar-refractivity contribution < 1.29 is 9.47 Å². The van der Waals surface area contributed by atoms with Crippen molar-refractivity contribution in [2.75, 3.05) is 26.1 Å². The van der Waals surface area contributed by atoms with Gasteiger partial charge in [0, 0.05) is 26.4 Å². The van der Waals surface area contributed by atoms with E-state index in [-0.39, 0.29) is 6.04 Å². The van der Waals surface area contributed by atoms with E-state index in [4.69, 9.17) is 9.47 Å². The Labute approximate surface area is 111 Å². The molecule has 7 heteroatoms. The van der Waals surface area contributed by atoms with Crippen LogP contribution in [0.15, 0.2) is 24.7 Å². The molecule has 0 aliphatic rings. The Balaban J connectivity index is 2.18. The lowest BCUT2D eigenvalue weighted by Gasteiger charge is -2.18. The Morgan fingerprint density at radius 3 is 2.84 bits per heavy atom. The third-order valence-electron chi connectivity index (χ3n) is 2.72. The maximum Gasteiger partial charge on any atom is 0.218 e. The number of rotatable bonds is 6. The summed E-state index contributed by atoms with van der Waals surface area (Å²) in [6.45, 7) is 0.506. The van der Waals surface area contributed by atoms with Crippen molar-refractivity contribution in [2.45, 2.75) is 6.04 Å². The van der Waals surface area contributed by atoms with Gasteiger partial charge in [-0.25, -0.2) is 9.97 Å². The molecular formula is C12H17N5O2. The fourth-order valence-electron chi connectivity index (χ4n) is 1.80. The summed E-state index contributed by atoms with van der Waals surface area (Å²) in [6, 6.07) is 3.63. The molecule has 2 rings (SSSR count). The van der Waals surface area contributed by atoms with Gasteiger partial charge in [-0.3, -0.25) is 4.68 Å². The summed E-state index contributed by atoms with van der Waals surface area (Å²) in [4.78, 5) is 8.13. The highest BCUT2D eigenvalue weighted by Gasteiger charge is 2.15. The number of hydrogen-bond acceptors (Lipinski definition) is 6. The van der Waals surface area contributed by atoms with Crippen molar-refractivity contribution in [1.29, 1.82) is 0 Å². The second kappa shape index (κ2) is 6.14. The minimum atomic E-state index is -0.0443. The molecule has 0 aliphatic carbocycles. The molecule has 2 aromatic rings. The van der Waals surface area contributed by atoms with Crippen LogP contribution in [0, 0.1) is 0 Å². The van der Waals surface area contributed by atoms with Crippen LogP contribution in [0.1, 0.15) is 11.7 Å². The Morgan fingerprint density at radius 1 is 1.37 bits per heavy atom. The molecule has 1 N–H and O–H groups in total. The number of anilines is 1. The fraction of sp³-hybridized carbons (Fsp3) is 0.417. The first-order valence-corrected chi connectivity index (χ1v) is 5.84. The highest BCUT2D eigenvalue weighted by atomic mass is 16.5. The predicted octanol–water partition coefficient (Wildman–Crippen LogP) is 1.02. The van der Waals surface area contributed by atoms with Crippen molar-refractivity contribution in [3.05, 3.63) is 30.4 Å². The van der Waals surface area contributed by atoms with Gasteiger partial charge >= 0.3 is 0 Å². The molecule has 2 heterocycles. The van der Waals surface area contributed by atoms with Crippen molar-refractivity contribution in [2.24, 2.45) is 7.05 Å². The SMILES string of the molecule is COCC(Nc1cc(OC)ncn1)c1ccnn1C. The number of nitrogens with one attached hydrogen (secondary N) is 1. The zero-order valence-corrected chi connectivity index (χ0v) is 11.2. The maximum atomic E-state index is 5.23. The van der Waals surface area contributed by atoms with Crippen LogP contribution >= 0.6 is 0 Å². The molecule has 0 amide bonds. The lowest BCUT2D eigenvalue weighted by molar-refractivity contribution is 0.184. The molecule has 0 fully saturated rings. The molecule has 0 saturated heterocycles. The van der Waals surface area contributed by atoms with E-state index >= 15 is 0 Å². The molecule has 1 atom stereocenters. The van der Waals surface area contributed by atoms with Gasteiger partial charge in [0.25, 0.3) is 0 Å². The summed E-state index contributed by atoms with van der Waals surface area (Å²) in [5.41, 5.74) is 1.01. The lowest BCUT2D eigenvalue weighted by Crippen LogP contribution is -2.20. The predicted molar refractivity (Wildman–Crippen MR) is 70.0 cm³/mol. The zero-order valence-electron chi connectivity index (χ0n) is 11.2. The molecule has 0 spiro atoms. The first kappa shape index (κ1) is 13.3. The number of hydrogen-bond donors (Lipinski definition) is 1. The zero-order chi connectivity index (χ0) is 13.7. The van der Waals surface area contributed by atoms with Crippen molar-refractivity contribution in [3.63, 3.8) is 0 Å². The largest absolute Gasteiger partial charge is 0.481 e. The van der Waals surface area contributed by atoms with Crippen LogP contribution in [0.5, 0.6) is 5.88 Å². The highest BCUT2D eigenvalue weighted by molar-refractivity contribution is 5.39. The fourth-order valence-corrected chi connectivity index (χ4v) is 1.80. The van der Waals surface area contributed by atoms with Crippen LogP contribution in [-0.2, 0) is 11.8 Å². The van der Waals surface area contributed by atoms with Gasteiger partial charge in [-0.15, -0.1) is 0 Å². The molecule has 2 aromatic heterocycles. The molecular weight excluding hydrogens is 246 g/mol. The summed E-state index contributed by atoms with van der Waals surface area (Å²) in [5.74, 6) is 1.19. The monoisotopic (exact) mass is 263 g/mol. The van der Waals surface area contributed by atoms with Gasteiger partial charge < -0.3 is 14.8 Å². The standard InChI is InChI=1S/C12H17N5O2/c1-17-10(4-5-15-17)9(7-18-2)16-11-6-12(19-3)14-8-13-11/h4-6,8-9H,7H2,1-3H3,(H,13,14,16). The molecule has 0 aliphatic heterocycles. The Kier molecular flexibility index (Phi) is 4.30. The molecule has 0 saturated carbocycles. The molecule has 102 valence electrons. The molecule has 0 aromatic carbocycles. The maximum absolute atomic E-state index is 5.23. The highest BCUT2D eigenvalue weighted by Crippen LogP contribution is 2.19. The quantitative estimate of drug-likeness (QED) is 0.838. The second-order valence-electron chi connectivity index (χ2n) is 3.98. The Bertz CT molecular complexity index is 528. The minimum absolute atomic E-state index is 0.0443. The average Bonchev–Trinajstić information content (AvgIpc) is 2.85. The summed E-state index contributed by atoms with van der Waals surface area (Å²) >= 11 is 0. The number of aryl methyl sites for hydroxylation is 1. The van der Waals surface area contributed by atoms with Gasteiger partial charge in [-0.05, 0) is 6.07 Å². The number of ether oxygens (including phenoxy) is 2. The number of nitrogens with zero attached hydrogens (tertiary/aromatic N) is 4. The van der Waals surface area contributed by atoms with Crippen LogP contribution in [0.2, 0.25) is 0 Å². The lowest BCUT2D eigenvalue weighted by atomic mass is 10.2. The third kappa shape index (κ3) is 3.19. The van der Waals surface area contributed by atoms with Crippen molar-refractivity contribution >= 4 is 5.82 Å². The normalized spacial score (nSPS) is 12.2. The van der Waals surface area contributed by atoms with E-state index < -0.39 is 0 Å².